The minimum atomic E-state index is -4.65. The smallest absolute Gasteiger partial charge is 0.425 e. The van der Waals surface area contributed by atoms with Crippen LogP contribution in [-0.2, 0) is 14.3 Å². The molecule has 1 aromatic heterocycles. The largest absolute Gasteiger partial charge is 0.522 e. The molecule has 3 aliphatic rings. The Hall–Kier alpha value is -1.89. The van der Waals surface area contributed by atoms with Crippen LogP contribution in [-0.4, -0.2) is 53.5 Å². The number of amides is 1. The van der Waals surface area contributed by atoms with E-state index in [9.17, 15) is 31.1 Å². The number of nitrogens with one attached hydrogen (secondary N) is 1. The van der Waals surface area contributed by atoms with Crippen molar-refractivity contribution >= 4 is 5.91 Å². The van der Waals surface area contributed by atoms with Crippen LogP contribution in [0.3, 0.4) is 0 Å². The van der Waals surface area contributed by atoms with Crippen LogP contribution in [0.4, 0.5) is 26.3 Å². The van der Waals surface area contributed by atoms with E-state index in [1.807, 2.05) is 0 Å². The van der Waals surface area contributed by atoms with Crippen LogP contribution in [0.25, 0.3) is 0 Å². The number of rotatable bonds is 7. The monoisotopic (exact) mass is 485 g/mol. The summed E-state index contributed by atoms with van der Waals surface area (Å²) in [4.78, 5) is 12.0. The first-order valence-electron chi connectivity index (χ1n) is 11.0. The maximum absolute atomic E-state index is 12.5. The lowest BCUT2D eigenvalue weighted by molar-refractivity contribution is -0.352. The summed E-state index contributed by atoms with van der Waals surface area (Å²) < 4.78 is 89.0. The third kappa shape index (κ3) is 6.37. The second kappa shape index (κ2) is 9.40. The molecule has 33 heavy (non-hydrogen) atoms. The molecule has 0 unspecified atom stereocenters. The molecule has 0 radical (unpaired) electrons. The molecule has 186 valence electrons. The fraction of sp³-hybridized carbons (Fsp3) is 0.850. The van der Waals surface area contributed by atoms with Gasteiger partial charge in [0.25, 0.3) is 0 Å². The fourth-order valence-corrected chi connectivity index (χ4v) is 4.55. The van der Waals surface area contributed by atoms with Crippen molar-refractivity contribution in [2.45, 2.75) is 94.0 Å². The van der Waals surface area contributed by atoms with Gasteiger partial charge in [-0.1, -0.05) is 0 Å². The van der Waals surface area contributed by atoms with Gasteiger partial charge in [0.05, 0.1) is 18.1 Å². The molecule has 3 fully saturated rings. The van der Waals surface area contributed by atoms with Crippen LogP contribution in [0.2, 0.25) is 0 Å². The van der Waals surface area contributed by atoms with E-state index in [4.69, 9.17) is 9.15 Å². The summed E-state index contributed by atoms with van der Waals surface area (Å²) in [6.07, 6.45) is -7.42. The number of ether oxygens (including phenoxy) is 2. The molecule has 0 aromatic carbocycles. The van der Waals surface area contributed by atoms with Crippen molar-refractivity contribution in [3.05, 3.63) is 11.8 Å². The maximum atomic E-state index is 12.5. The number of aromatic nitrogens is 2. The molecule has 0 saturated heterocycles. The summed E-state index contributed by atoms with van der Waals surface area (Å²) in [5, 5.41) is 10.9. The molecular formula is C20H25F6N3O4. The summed E-state index contributed by atoms with van der Waals surface area (Å²) in [5.41, 5.74) is 0. The van der Waals surface area contributed by atoms with Crippen LogP contribution in [0.15, 0.2) is 4.42 Å². The van der Waals surface area contributed by atoms with Gasteiger partial charge < -0.3 is 14.5 Å². The van der Waals surface area contributed by atoms with Crippen molar-refractivity contribution < 1.29 is 45.0 Å². The zero-order valence-corrected chi connectivity index (χ0v) is 17.6. The SMILES string of the molecule is O=C(CO[C@H]1C[C@H](C(F)(F)F)C1)NC1CCC(c2nnc(C3CC(OC(F)(F)F)C3)o2)CC1. The van der Waals surface area contributed by atoms with Gasteiger partial charge in [0.15, 0.2) is 0 Å². The van der Waals surface area contributed by atoms with Crippen molar-refractivity contribution in [3.8, 4) is 0 Å². The molecule has 0 atom stereocenters. The molecule has 0 aliphatic heterocycles. The predicted molar refractivity (Wildman–Crippen MR) is 98.9 cm³/mol. The van der Waals surface area contributed by atoms with Crippen molar-refractivity contribution in [1.82, 2.24) is 15.5 Å². The predicted octanol–water partition coefficient (Wildman–Crippen LogP) is 4.35. The molecule has 13 heteroatoms. The van der Waals surface area contributed by atoms with E-state index in [0.29, 0.717) is 37.5 Å². The third-order valence-corrected chi connectivity index (χ3v) is 6.65. The highest BCUT2D eigenvalue weighted by Gasteiger charge is 2.48. The fourth-order valence-electron chi connectivity index (χ4n) is 4.55. The summed E-state index contributed by atoms with van der Waals surface area (Å²) in [5.74, 6) is -1.16. The number of carbonyl (C=O) groups excluding carboxylic acids is 1. The molecule has 1 amide bonds. The van der Waals surface area contributed by atoms with Gasteiger partial charge in [-0.15, -0.1) is 23.4 Å². The first kappa shape index (κ1) is 24.2. The normalized spacial score (nSPS) is 32.7. The van der Waals surface area contributed by atoms with Gasteiger partial charge in [-0.25, -0.2) is 0 Å². The van der Waals surface area contributed by atoms with Crippen LogP contribution in [0.5, 0.6) is 0 Å². The number of hydrogen-bond donors (Lipinski definition) is 1. The molecule has 0 bridgehead atoms. The molecule has 3 aliphatic carbocycles. The Labute approximate surface area is 185 Å². The Kier molecular flexibility index (Phi) is 6.90. The number of hydrogen-bond acceptors (Lipinski definition) is 6. The van der Waals surface area contributed by atoms with Crippen LogP contribution in [0.1, 0.15) is 75.0 Å². The number of carbonyl (C=O) groups is 1. The van der Waals surface area contributed by atoms with Crippen LogP contribution >= 0.6 is 0 Å². The maximum Gasteiger partial charge on any atom is 0.522 e. The average molecular weight is 485 g/mol. The summed E-state index contributed by atoms with van der Waals surface area (Å²) in [6.45, 7) is -0.261. The molecule has 7 nitrogen and oxygen atoms in total. The van der Waals surface area contributed by atoms with Gasteiger partial charge in [-0.05, 0) is 51.4 Å². The first-order chi connectivity index (χ1) is 15.5. The molecule has 1 N–H and O–H groups in total. The second-order valence-corrected chi connectivity index (χ2v) is 9.09. The standard InChI is InChI=1S/C20H25F6N3O4/c21-19(22,23)12-7-14(8-12)31-9-16(30)27-13-3-1-10(2-4-13)17-28-29-18(32-17)11-5-15(6-11)33-20(24,25)26/h10-15H,1-9H2,(H,27,30)/t10?,11?,12-,13?,14-,15?. The van der Waals surface area contributed by atoms with Gasteiger partial charge in [-0.2, -0.15) is 13.2 Å². The van der Waals surface area contributed by atoms with E-state index in [-0.39, 0.29) is 56.1 Å². The molecule has 3 saturated carbocycles. The summed E-state index contributed by atoms with van der Waals surface area (Å²) in [7, 11) is 0. The number of alkyl halides is 6. The number of nitrogens with zero attached hydrogens (tertiary/aromatic N) is 2. The summed E-state index contributed by atoms with van der Waals surface area (Å²) in [6, 6.07) is -0.0732. The van der Waals surface area contributed by atoms with E-state index >= 15 is 0 Å². The zero-order chi connectivity index (χ0) is 23.8. The highest BCUT2D eigenvalue weighted by Crippen LogP contribution is 2.43. The zero-order valence-electron chi connectivity index (χ0n) is 17.6. The lowest BCUT2D eigenvalue weighted by Crippen LogP contribution is -2.44. The minimum Gasteiger partial charge on any atom is -0.425 e. The van der Waals surface area contributed by atoms with E-state index in [1.165, 1.54) is 0 Å². The van der Waals surface area contributed by atoms with Crippen LogP contribution in [0, 0.1) is 5.92 Å². The van der Waals surface area contributed by atoms with Gasteiger partial charge in [0.2, 0.25) is 17.7 Å². The minimum absolute atomic E-state index is 0.00669. The average Bonchev–Trinajstić information content (AvgIpc) is 3.11. The van der Waals surface area contributed by atoms with Crippen LogP contribution < -0.4 is 5.32 Å². The Morgan fingerprint density at radius 1 is 0.909 bits per heavy atom. The van der Waals surface area contributed by atoms with E-state index in [2.05, 4.69) is 20.3 Å². The lowest BCUT2D eigenvalue weighted by Gasteiger charge is -2.36. The summed E-state index contributed by atoms with van der Waals surface area (Å²) >= 11 is 0. The Bertz CT molecular complexity index is 809. The molecule has 4 rings (SSSR count). The quantitative estimate of drug-likeness (QED) is 0.578. The lowest BCUT2D eigenvalue weighted by atomic mass is 9.82. The van der Waals surface area contributed by atoms with Crippen molar-refractivity contribution in [2.75, 3.05) is 6.61 Å². The van der Waals surface area contributed by atoms with Gasteiger partial charge in [0.1, 0.15) is 6.61 Å². The topological polar surface area (TPSA) is 86.5 Å². The second-order valence-electron chi connectivity index (χ2n) is 9.09. The van der Waals surface area contributed by atoms with Crippen molar-refractivity contribution in [1.29, 1.82) is 0 Å². The molecule has 0 spiro atoms. The van der Waals surface area contributed by atoms with E-state index in [0.717, 1.165) is 0 Å². The Balaban J connectivity index is 1.13. The first-order valence-corrected chi connectivity index (χ1v) is 11.0. The molecule has 1 heterocycles. The third-order valence-electron chi connectivity index (χ3n) is 6.65. The highest BCUT2D eigenvalue weighted by molar-refractivity contribution is 5.77. The number of halogens is 6. The van der Waals surface area contributed by atoms with Gasteiger partial charge >= 0.3 is 12.5 Å². The molecule has 1 aromatic rings. The Morgan fingerprint density at radius 3 is 2.09 bits per heavy atom. The van der Waals surface area contributed by atoms with Crippen molar-refractivity contribution in [3.63, 3.8) is 0 Å². The molecular weight excluding hydrogens is 460 g/mol. The Morgan fingerprint density at radius 2 is 1.52 bits per heavy atom. The van der Waals surface area contributed by atoms with E-state index in [1.54, 1.807) is 0 Å². The van der Waals surface area contributed by atoms with Gasteiger partial charge in [-0.3, -0.25) is 9.53 Å². The highest BCUT2D eigenvalue weighted by atomic mass is 19.4. The van der Waals surface area contributed by atoms with E-state index < -0.39 is 30.7 Å². The van der Waals surface area contributed by atoms with Crippen molar-refractivity contribution in [2.24, 2.45) is 5.92 Å². The van der Waals surface area contributed by atoms with Gasteiger partial charge in [0, 0.05) is 17.9 Å².